The van der Waals surface area contributed by atoms with Crippen molar-refractivity contribution in [2.24, 2.45) is 0 Å². The summed E-state index contributed by atoms with van der Waals surface area (Å²) < 4.78 is 1.66. The number of nitrogens with zero attached hydrogens (tertiary/aromatic N) is 3. The first kappa shape index (κ1) is 11.6. The summed E-state index contributed by atoms with van der Waals surface area (Å²) in [5.74, 6) is -0.260. The van der Waals surface area contributed by atoms with Gasteiger partial charge >= 0.3 is 0 Å². The van der Waals surface area contributed by atoms with E-state index >= 15 is 0 Å². The lowest BCUT2D eigenvalue weighted by Gasteiger charge is -2.00. The number of amides is 1. The zero-order valence-corrected chi connectivity index (χ0v) is 10.7. The molecule has 2 heterocycles. The molecule has 0 aliphatic rings. The van der Waals surface area contributed by atoms with E-state index in [-0.39, 0.29) is 5.91 Å². The highest BCUT2D eigenvalue weighted by atomic mass is 32.1. The first-order valence-electron chi connectivity index (χ1n) is 5.65. The molecule has 0 unspecified atom stereocenters. The minimum Gasteiger partial charge on any atom is -0.296 e. The van der Waals surface area contributed by atoms with Crippen LogP contribution in [-0.4, -0.2) is 20.7 Å². The second kappa shape index (κ2) is 5.03. The van der Waals surface area contributed by atoms with Crippen LogP contribution in [0.3, 0.4) is 0 Å². The van der Waals surface area contributed by atoms with Gasteiger partial charge in [0.25, 0.3) is 5.91 Å². The van der Waals surface area contributed by atoms with E-state index in [4.69, 9.17) is 0 Å². The molecule has 2 aromatic heterocycles. The average molecular weight is 270 g/mol. The number of anilines is 1. The maximum atomic E-state index is 11.9. The van der Waals surface area contributed by atoms with E-state index in [1.165, 1.54) is 11.3 Å². The summed E-state index contributed by atoms with van der Waals surface area (Å²) in [6, 6.07) is 11.3. The van der Waals surface area contributed by atoms with Crippen molar-refractivity contribution in [3.63, 3.8) is 0 Å². The summed E-state index contributed by atoms with van der Waals surface area (Å²) in [4.78, 5) is 15.9. The van der Waals surface area contributed by atoms with Gasteiger partial charge < -0.3 is 0 Å². The molecule has 3 aromatic rings. The molecular formula is C13H10N4OS. The molecule has 6 heteroatoms. The van der Waals surface area contributed by atoms with Gasteiger partial charge in [-0.15, -0.1) is 11.3 Å². The number of benzene rings is 1. The van der Waals surface area contributed by atoms with Crippen LogP contribution < -0.4 is 5.32 Å². The second-order valence-electron chi connectivity index (χ2n) is 3.77. The predicted molar refractivity (Wildman–Crippen MR) is 73.6 cm³/mol. The van der Waals surface area contributed by atoms with Crippen molar-refractivity contribution in [3.8, 4) is 5.69 Å². The summed E-state index contributed by atoms with van der Waals surface area (Å²) in [6.07, 6.45) is 3.40. The van der Waals surface area contributed by atoms with Crippen LogP contribution >= 0.6 is 11.3 Å². The van der Waals surface area contributed by atoms with Crippen LogP contribution in [0.1, 0.15) is 10.5 Å². The minimum atomic E-state index is -0.260. The highest BCUT2D eigenvalue weighted by Crippen LogP contribution is 2.12. The third kappa shape index (κ3) is 2.53. The quantitative estimate of drug-likeness (QED) is 0.795. The highest BCUT2D eigenvalue weighted by Gasteiger charge is 2.11. The maximum absolute atomic E-state index is 11.9. The molecule has 19 heavy (non-hydrogen) atoms. The van der Waals surface area contributed by atoms with Crippen LogP contribution in [0, 0.1) is 0 Å². The van der Waals surface area contributed by atoms with E-state index in [0.29, 0.717) is 10.8 Å². The number of nitrogens with one attached hydrogen (secondary N) is 1. The SMILES string of the molecule is O=C(Nc1nccs1)c1ccn(-c2ccccc2)n1. The van der Waals surface area contributed by atoms with Crippen LogP contribution in [-0.2, 0) is 0 Å². The molecule has 0 aliphatic carbocycles. The molecule has 1 amide bonds. The molecule has 0 saturated heterocycles. The first-order valence-corrected chi connectivity index (χ1v) is 6.53. The number of aromatic nitrogens is 3. The predicted octanol–water partition coefficient (Wildman–Crippen LogP) is 2.58. The average Bonchev–Trinajstić information content (AvgIpc) is 3.10. The highest BCUT2D eigenvalue weighted by molar-refractivity contribution is 7.13. The molecule has 0 fully saturated rings. The van der Waals surface area contributed by atoms with Gasteiger partial charge in [0.15, 0.2) is 10.8 Å². The maximum Gasteiger partial charge on any atom is 0.277 e. The van der Waals surface area contributed by atoms with Crippen LogP contribution in [0.2, 0.25) is 0 Å². The molecule has 1 aromatic carbocycles. The fraction of sp³-hybridized carbons (Fsp3) is 0. The number of thiazole rings is 1. The monoisotopic (exact) mass is 270 g/mol. The third-order valence-electron chi connectivity index (χ3n) is 2.50. The Hall–Kier alpha value is -2.47. The molecule has 94 valence electrons. The van der Waals surface area contributed by atoms with E-state index in [9.17, 15) is 4.79 Å². The van der Waals surface area contributed by atoms with Gasteiger partial charge in [-0.2, -0.15) is 5.10 Å². The van der Waals surface area contributed by atoms with Crippen molar-refractivity contribution in [2.75, 3.05) is 5.32 Å². The lowest BCUT2D eigenvalue weighted by Crippen LogP contribution is -2.12. The second-order valence-corrected chi connectivity index (χ2v) is 4.67. The summed E-state index contributed by atoms with van der Waals surface area (Å²) in [7, 11) is 0. The minimum absolute atomic E-state index is 0.260. The van der Waals surface area contributed by atoms with E-state index in [2.05, 4.69) is 15.4 Å². The number of carbonyl (C=O) groups is 1. The number of hydrogen-bond donors (Lipinski definition) is 1. The molecule has 3 rings (SSSR count). The molecule has 0 bridgehead atoms. The van der Waals surface area contributed by atoms with Gasteiger partial charge in [0.05, 0.1) is 5.69 Å². The summed E-state index contributed by atoms with van der Waals surface area (Å²) in [5, 5.41) is 9.31. The molecule has 0 spiro atoms. The Morgan fingerprint density at radius 2 is 2.05 bits per heavy atom. The van der Waals surface area contributed by atoms with Crippen LogP contribution in [0.5, 0.6) is 0 Å². The first-order chi connectivity index (χ1) is 9.33. The standard InChI is InChI=1S/C13H10N4OS/c18-12(15-13-14-7-9-19-13)11-6-8-17(16-11)10-4-2-1-3-5-10/h1-9H,(H,14,15,18). The van der Waals surface area contributed by atoms with Crippen molar-refractivity contribution in [3.05, 3.63) is 59.9 Å². The Bertz CT molecular complexity index is 676. The Balaban J connectivity index is 1.80. The van der Waals surface area contributed by atoms with E-state index in [0.717, 1.165) is 5.69 Å². The molecular weight excluding hydrogens is 260 g/mol. The van der Waals surface area contributed by atoms with Crippen LogP contribution in [0.4, 0.5) is 5.13 Å². The number of rotatable bonds is 3. The van der Waals surface area contributed by atoms with Crippen molar-refractivity contribution in [1.29, 1.82) is 0 Å². The molecule has 5 nitrogen and oxygen atoms in total. The van der Waals surface area contributed by atoms with Crippen molar-refractivity contribution in [1.82, 2.24) is 14.8 Å². The fourth-order valence-electron chi connectivity index (χ4n) is 1.62. The summed E-state index contributed by atoms with van der Waals surface area (Å²) in [6.45, 7) is 0. The largest absolute Gasteiger partial charge is 0.296 e. The molecule has 0 aliphatic heterocycles. The lowest BCUT2D eigenvalue weighted by molar-refractivity contribution is 0.102. The van der Waals surface area contributed by atoms with Gasteiger partial charge in [-0.3, -0.25) is 10.1 Å². The van der Waals surface area contributed by atoms with Crippen molar-refractivity contribution in [2.45, 2.75) is 0 Å². The third-order valence-corrected chi connectivity index (χ3v) is 3.18. The van der Waals surface area contributed by atoms with E-state index in [1.807, 2.05) is 30.3 Å². The molecule has 0 radical (unpaired) electrons. The Morgan fingerprint density at radius 3 is 2.79 bits per heavy atom. The van der Waals surface area contributed by atoms with Crippen molar-refractivity contribution >= 4 is 22.4 Å². The zero-order chi connectivity index (χ0) is 13.1. The van der Waals surface area contributed by atoms with Gasteiger partial charge in [0, 0.05) is 17.8 Å². The van der Waals surface area contributed by atoms with Crippen LogP contribution in [0.25, 0.3) is 5.69 Å². The number of para-hydroxylation sites is 1. The Morgan fingerprint density at radius 1 is 1.21 bits per heavy atom. The van der Waals surface area contributed by atoms with E-state index < -0.39 is 0 Å². The molecule has 0 saturated carbocycles. The van der Waals surface area contributed by atoms with Gasteiger partial charge in [-0.1, -0.05) is 18.2 Å². The summed E-state index contributed by atoms with van der Waals surface area (Å²) in [5.41, 5.74) is 1.27. The Kier molecular flexibility index (Phi) is 3.07. The van der Waals surface area contributed by atoms with E-state index in [1.54, 1.807) is 28.5 Å². The van der Waals surface area contributed by atoms with Gasteiger partial charge in [-0.05, 0) is 18.2 Å². The number of carbonyl (C=O) groups excluding carboxylic acids is 1. The van der Waals surface area contributed by atoms with Gasteiger partial charge in [0.1, 0.15) is 0 Å². The van der Waals surface area contributed by atoms with Gasteiger partial charge in [-0.25, -0.2) is 9.67 Å². The fourth-order valence-corrected chi connectivity index (χ4v) is 2.14. The zero-order valence-electron chi connectivity index (χ0n) is 9.85. The lowest BCUT2D eigenvalue weighted by atomic mass is 10.3. The smallest absolute Gasteiger partial charge is 0.277 e. The van der Waals surface area contributed by atoms with Gasteiger partial charge in [0.2, 0.25) is 0 Å². The summed E-state index contributed by atoms with van der Waals surface area (Å²) >= 11 is 1.37. The normalized spacial score (nSPS) is 10.3. The van der Waals surface area contributed by atoms with Crippen LogP contribution in [0.15, 0.2) is 54.2 Å². The topological polar surface area (TPSA) is 59.8 Å². The number of hydrogen-bond acceptors (Lipinski definition) is 4. The molecule has 0 atom stereocenters. The molecule has 1 N–H and O–H groups in total. The van der Waals surface area contributed by atoms with Crippen molar-refractivity contribution < 1.29 is 4.79 Å². The Labute approximate surface area is 113 Å².